The lowest BCUT2D eigenvalue weighted by atomic mass is 10.0. The van der Waals surface area contributed by atoms with Gasteiger partial charge < -0.3 is 5.32 Å². The predicted octanol–water partition coefficient (Wildman–Crippen LogP) is 4.66. The molecule has 1 aromatic heterocycles. The van der Waals surface area contributed by atoms with E-state index in [1.165, 1.54) is 22.6 Å². The van der Waals surface area contributed by atoms with Crippen molar-refractivity contribution in [3.8, 4) is 0 Å². The van der Waals surface area contributed by atoms with E-state index in [9.17, 15) is 4.39 Å². The number of thiophene rings is 1. The van der Waals surface area contributed by atoms with E-state index in [-0.39, 0.29) is 11.9 Å². The fourth-order valence-electron chi connectivity index (χ4n) is 1.87. The number of hydrogen-bond donors (Lipinski definition) is 1. The second kappa shape index (κ2) is 5.95. The molecule has 2 aromatic rings. The monoisotopic (exact) mass is 327 g/mol. The molecule has 0 amide bonds. The molecule has 1 aromatic carbocycles. The average Bonchev–Trinajstić information content (AvgIpc) is 2.68. The number of nitrogens with one attached hydrogen (secondary N) is 1. The molecular weight excluding hydrogens is 313 g/mol. The summed E-state index contributed by atoms with van der Waals surface area (Å²) >= 11 is 5.27. The Morgan fingerprint density at radius 1 is 1.33 bits per heavy atom. The lowest BCUT2D eigenvalue weighted by Gasteiger charge is -2.16. The summed E-state index contributed by atoms with van der Waals surface area (Å²) in [6.07, 6.45) is 0. The van der Waals surface area contributed by atoms with E-state index in [0.29, 0.717) is 0 Å². The number of halogens is 2. The molecule has 0 spiro atoms. The molecule has 0 saturated heterocycles. The first-order chi connectivity index (χ1) is 8.61. The van der Waals surface area contributed by atoms with E-state index < -0.39 is 0 Å². The maximum absolute atomic E-state index is 13.0. The Hall–Kier alpha value is -0.710. The molecule has 1 nitrogen and oxygen atoms in total. The highest BCUT2D eigenvalue weighted by Gasteiger charge is 2.16. The highest BCUT2D eigenvalue weighted by atomic mass is 79.9. The summed E-state index contributed by atoms with van der Waals surface area (Å²) in [6, 6.07) is 9.00. The zero-order valence-corrected chi connectivity index (χ0v) is 12.7. The summed E-state index contributed by atoms with van der Waals surface area (Å²) in [5, 5.41) is 3.44. The fraction of sp³-hybridized carbons (Fsp3) is 0.286. The Bertz CT molecular complexity index is 502. The molecule has 96 valence electrons. The largest absolute Gasteiger partial charge is 0.306 e. The van der Waals surface area contributed by atoms with Gasteiger partial charge in [-0.3, -0.25) is 0 Å². The topological polar surface area (TPSA) is 12.0 Å². The van der Waals surface area contributed by atoms with Crippen molar-refractivity contribution in [3.05, 3.63) is 55.9 Å². The van der Waals surface area contributed by atoms with Crippen LogP contribution < -0.4 is 5.32 Å². The minimum Gasteiger partial charge on any atom is -0.306 e. The van der Waals surface area contributed by atoms with Crippen molar-refractivity contribution in [2.24, 2.45) is 0 Å². The van der Waals surface area contributed by atoms with E-state index in [1.54, 1.807) is 11.3 Å². The predicted molar refractivity (Wildman–Crippen MR) is 78.7 cm³/mol. The first-order valence-corrected chi connectivity index (χ1v) is 7.47. The van der Waals surface area contributed by atoms with E-state index in [2.05, 4.69) is 41.2 Å². The number of benzene rings is 1. The van der Waals surface area contributed by atoms with Gasteiger partial charge in [-0.2, -0.15) is 0 Å². The van der Waals surface area contributed by atoms with Crippen LogP contribution in [0.5, 0.6) is 0 Å². The molecular formula is C14H15BrFNS. The molecule has 1 unspecified atom stereocenters. The van der Waals surface area contributed by atoms with Crippen molar-refractivity contribution in [3.63, 3.8) is 0 Å². The lowest BCUT2D eigenvalue weighted by Crippen LogP contribution is -2.21. The van der Waals surface area contributed by atoms with Crippen molar-refractivity contribution in [1.29, 1.82) is 0 Å². The molecule has 1 N–H and O–H groups in total. The summed E-state index contributed by atoms with van der Waals surface area (Å²) in [6.45, 7) is 5.03. The Balaban J connectivity index is 2.36. The van der Waals surface area contributed by atoms with Gasteiger partial charge in [-0.25, -0.2) is 4.39 Å². The van der Waals surface area contributed by atoms with Gasteiger partial charge in [0.1, 0.15) is 5.82 Å². The summed E-state index contributed by atoms with van der Waals surface area (Å²) in [5.74, 6) is -0.197. The first kappa shape index (κ1) is 13.7. The normalized spacial score (nSPS) is 12.7. The third-order valence-electron chi connectivity index (χ3n) is 2.77. The molecule has 0 bridgehead atoms. The average molecular weight is 328 g/mol. The maximum atomic E-state index is 13.0. The van der Waals surface area contributed by atoms with Crippen molar-refractivity contribution in [2.75, 3.05) is 6.54 Å². The van der Waals surface area contributed by atoms with Gasteiger partial charge in [-0.15, -0.1) is 11.3 Å². The summed E-state index contributed by atoms with van der Waals surface area (Å²) in [7, 11) is 0. The van der Waals surface area contributed by atoms with Crippen LogP contribution in [0.3, 0.4) is 0 Å². The molecule has 0 fully saturated rings. The molecule has 2 rings (SSSR count). The van der Waals surface area contributed by atoms with Gasteiger partial charge in [0.05, 0.1) is 9.83 Å². The van der Waals surface area contributed by atoms with Crippen molar-refractivity contribution in [1.82, 2.24) is 5.32 Å². The van der Waals surface area contributed by atoms with Gasteiger partial charge in [0, 0.05) is 4.88 Å². The van der Waals surface area contributed by atoms with Gasteiger partial charge >= 0.3 is 0 Å². The zero-order valence-electron chi connectivity index (χ0n) is 10.3. The molecule has 1 heterocycles. The highest BCUT2D eigenvalue weighted by molar-refractivity contribution is 9.11. The minimum atomic E-state index is -0.197. The first-order valence-electron chi connectivity index (χ1n) is 5.86. The highest BCUT2D eigenvalue weighted by Crippen LogP contribution is 2.34. The molecule has 0 saturated carbocycles. The van der Waals surface area contributed by atoms with E-state index in [1.807, 2.05) is 12.1 Å². The zero-order chi connectivity index (χ0) is 13.1. The van der Waals surface area contributed by atoms with E-state index in [4.69, 9.17) is 0 Å². The van der Waals surface area contributed by atoms with E-state index >= 15 is 0 Å². The van der Waals surface area contributed by atoms with Crippen LogP contribution in [0, 0.1) is 12.7 Å². The third-order valence-corrected chi connectivity index (χ3v) is 4.97. The standard InChI is InChI=1S/C14H15BrFNS/c1-3-17-13(10-4-6-11(16)7-5-10)12-8-9(2)14(15)18-12/h4-8,13,17H,3H2,1-2H3. The number of aryl methyl sites for hydroxylation is 1. The summed E-state index contributed by atoms with van der Waals surface area (Å²) in [5.41, 5.74) is 2.33. The molecule has 0 radical (unpaired) electrons. The Morgan fingerprint density at radius 3 is 2.50 bits per heavy atom. The molecule has 0 aliphatic heterocycles. The maximum Gasteiger partial charge on any atom is 0.123 e. The second-order valence-corrected chi connectivity index (χ2v) is 6.55. The Morgan fingerprint density at radius 2 is 2.00 bits per heavy atom. The number of rotatable bonds is 4. The SMILES string of the molecule is CCNC(c1ccc(F)cc1)c1cc(C)c(Br)s1. The molecule has 0 aliphatic carbocycles. The minimum absolute atomic E-state index is 0.130. The van der Waals surface area contributed by atoms with E-state index in [0.717, 1.165) is 15.9 Å². The summed E-state index contributed by atoms with van der Waals surface area (Å²) < 4.78 is 14.1. The Labute approximate surface area is 119 Å². The van der Waals surface area contributed by atoms with Crippen molar-refractivity contribution in [2.45, 2.75) is 19.9 Å². The number of hydrogen-bond acceptors (Lipinski definition) is 2. The van der Waals surface area contributed by atoms with Gasteiger partial charge in [0.2, 0.25) is 0 Å². The van der Waals surface area contributed by atoms with Gasteiger partial charge in [0.15, 0.2) is 0 Å². The fourth-order valence-corrected chi connectivity index (χ4v) is 3.54. The van der Waals surface area contributed by atoms with Gasteiger partial charge in [-0.05, 0) is 58.7 Å². The summed E-state index contributed by atoms with van der Waals surface area (Å²) in [4.78, 5) is 1.24. The molecule has 4 heteroatoms. The van der Waals surface area contributed by atoms with Crippen LogP contribution in [0.15, 0.2) is 34.1 Å². The molecule has 1 atom stereocenters. The quantitative estimate of drug-likeness (QED) is 0.861. The van der Waals surface area contributed by atoms with Gasteiger partial charge in [-0.1, -0.05) is 19.1 Å². The van der Waals surface area contributed by atoms with Crippen LogP contribution in [0.25, 0.3) is 0 Å². The van der Waals surface area contributed by atoms with Crippen molar-refractivity contribution < 1.29 is 4.39 Å². The van der Waals surface area contributed by atoms with Crippen LogP contribution in [-0.4, -0.2) is 6.54 Å². The third kappa shape index (κ3) is 2.99. The van der Waals surface area contributed by atoms with Crippen LogP contribution in [0.1, 0.15) is 29.0 Å². The van der Waals surface area contributed by atoms with Crippen LogP contribution in [0.2, 0.25) is 0 Å². The van der Waals surface area contributed by atoms with Crippen LogP contribution in [0.4, 0.5) is 4.39 Å². The second-order valence-electron chi connectivity index (χ2n) is 4.15. The van der Waals surface area contributed by atoms with Crippen LogP contribution >= 0.6 is 27.3 Å². The molecule has 0 aliphatic rings. The Kier molecular flexibility index (Phi) is 4.54. The van der Waals surface area contributed by atoms with Gasteiger partial charge in [0.25, 0.3) is 0 Å². The smallest absolute Gasteiger partial charge is 0.123 e. The lowest BCUT2D eigenvalue weighted by molar-refractivity contribution is 0.617. The van der Waals surface area contributed by atoms with Crippen molar-refractivity contribution >= 4 is 27.3 Å². The molecule has 18 heavy (non-hydrogen) atoms. The van der Waals surface area contributed by atoms with Crippen LogP contribution in [-0.2, 0) is 0 Å².